The SMILES string of the molecule is CCNC(=NCC(=O)Nc1ccc(O)cc1)N1CCN(C2CC3CCC2C3)CC1.I. The zero-order chi connectivity index (χ0) is 20.2. The minimum Gasteiger partial charge on any atom is -0.508 e. The fourth-order valence-corrected chi connectivity index (χ4v) is 5.24. The molecule has 0 aromatic heterocycles. The summed E-state index contributed by atoms with van der Waals surface area (Å²) in [6, 6.07) is 7.26. The maximum atomic E-state index is 12.3. The first-order valence-corrected chi connectivity index (χ1v) is 11.0. The number of nitrogens with zero attached hydrogens (tertiary/aromatic N) is 3. The lowest BCUT2D eigenvalue weighted by atomic mass is 9.93. The number of halogens is 1. The summed E-state index contributed by atoms with van der Waals surface area (Å²) in [6.45, 7) is 6.99. The molecule has 1 saturated heterocycles. The van der Waals surface area contributed by atoms with Crippen LogP contribution in [0.15, 0.2) is 29.3 Å². The molecule has 1 aliphatic heterocycles. The van der Waals surface area contributed by atoms with E-state index in [-0.39, 0.29) is 42.2 Å². The number of amides is 1. The number of hydrogen-bond donors (Lipinski definition) is 3. The molecule has 30 heavy (non-hydrogen) atoms. The smallest absolute Gasteiger partial charge is 0.246 e. The van der Waals surface area contributed by atoms with E-state index in [4.69, 9.17) is 0 Å². The Morgan fingerprint density at radius 2 is 1.87 bits per heavy atom. The van der Waals surface area contributed by atoms with E-state index in [0.29, 0.717) is 5.69 Å². The van der Waals surface area contributed by atoms with Gasteiger partial charge in [0.15, 0.2) is 5.96 Å². The van der Waals surface area contributed by atoms with E-state index < -0.39 is 0 Å². The van der Waals surface area contributed by atoms with Crippen molar-refractivity contribution in [3.8, 4) is 5.75 Å². The molecule has 3 unspecified atom stereocenters. The highest BCUT2D eigenvalue weighted by molar-refractivity contribution is 14.0. The zero-order valence-corrected chi connectivity index (χ0v) is 20.0. The third-order valence-corrected chi connectivity index (χ3v) is 6.64. The lowest BCUT2D eigenvalue weighted by Crippen LogP contribution is -2.55. The summed E-state index contributed by atoms with van der Waals surface area (Å²) >= 11 is 0. The molecule has 3 N–H and O–H groups in total. The van der Waals surface area contributed by atoms with Gasteiger partial charge in [0.25, 0.3) is 0 Å². The molecule has 7 nitrogen and oxygen atoms in total. The number of carbonyl (C=O) groups is 1. The fourth-order valence-electron chi connectivity index (χ4n) is 5.24. The highest BCUT2D eigenvalue weighted by Gasteiger charge is 2.42. The number of aliphatic imine (C=N–C) groups is 1. The van der Waals surface area contributed by atoms with Gasteiger partial charge < -0.3 is 20.6 Å². The minimum absolute atomic E-state index is 0. The van der Waals surface area contributed by atoms with E-state index >= 15 is 0 Å². The highest BCUT2D eigenvalue weighted by atomic mass is 127. The summed E-state index contributed by atoms with van der Waals surface area (Å²) in [5.41, 5.74) is 0.660. The molecule has 3 aliphatic rings. The number of aromatic hydroxyl groups is 1. The first-order chi connectivity index (χ1) is 14.1. The number of hydrogen-bond acceptors (Lipinski definition) is 4. The Kier molecular flexibility index (Phi) is 8.21. The van der Waals surface area contributed by atoms with Crippen LogP contribution >= 0.6 is 24.0 Å². The summed E-state index contributed by atoms with van der Waals surface area (Å²) in [7, 11) is 0. The number of phenols is 1. The average Bonchev–Trinajstić information content (AvgIpc) is 3.37. The van der Waals surface area contributed by atoms with Gasteiger partial charge in [-0.05, 0) is 62.3 Å². The Balaban J connectivity index is 0.00000256. The fraction of sp³-hybridized carbons (Fsp3) is 0.636. The number of piperazine rings is 1. The Hall–Kier alpha value is -1.55. The number of nitrogens with one attached hydrogen (secondary N) is 2. The first-order valence-electron chi connectivity index (χ1n) is 11.0. The van der Waals surface area contributed by atoms with E-state index in [2.05, 4.69) is 32.3 Å². The minimum atomic E-state index is -0.160. The maximum Gasteiger partial charge on any atom is 0.246 e. The third kappa shape index (κ3) is 5.57. The van der Waals surface area contributed by atoms with Crippen molar-refractivity contribution in [2.75, 3.05) is 44.6 Å². The van der Waals surface area contributed by atoms with Crippen molar-refractivity contribution in [3.05, 3.63) is 24.3 Å². The third-order valence-electron chi connectivity index (χ3n) is 6.64. The second-order valence-electron chi connectivity index (χ2n) is 8.53. The van der Waals surface area contributed by atoms with E-state index in [1.54, 1.807) is 24.3 Å². The van der Waals surface area contributed by atoms with Crippen molar-refractivity contribution in [1.29, 1.82) is 0 Å². The first kappa shape index (κ1) is 23.1. The average molecular weight is 527 g/mol. The molecule has 4 rings (SSSR count). The monoisotopic (exact) mass is 527 g/mol. The van der Waals surface area contributed by atoms with Crippen LogP contribution in [0, 0.1) is 11.8 Å². The Bertz CT molecular complexity index is 734. The lowest BCUT2D eigenvalue weighted by Gasteiger charge is -2.42. The molecule has 166 valence electrons. The van der Waals surface area contributed by atoms with Crippen LogP contribution in [0.3, 0.4) is 0 Å². The van der Waals surface area contributed by atoms with E-state index in [0.717, 1.165) is 56.6 Å². The van der Waals surface area contributed by atoms with E-state index in [1.807, 2.05) is 0 Å². The molecule has 1 heterocycles. The summed E-state index contributed by atoms with van der Waals surface area (Å²) in [5, 5.41) is 15.5. The molecule has 2 saturated carbocycles. The molecular formula is C22H34IN5O2. The molecule has 1 aromatic carbocycles. The number of guanidine groups is 1. The van der Waals surface area contributed by atoms with Crippen LogP contribution in [0.4, 0.5) is 5.69 Å². The van der Waals surface area contributed by atoms with Gasteiger partial charge in [-0.2, -0.15) is 0 Å². The van der Waals surface area contributed by atoms with Gasteiger partial charge in [-0.25, -0.2) is 4.99 Å². The van der Waals surface area contributed by atoms with Crippen LogP contribution in [0.25, 0.3) is 0 Å². The summed E-state index contributed by atoms with van der Waals surface area (Å²) in [4.78, 5) is 21.8. The van der Waals surface area contributed by atoms with Crippen molar-refractivity contribution < 1.29 is 9.90 Å². The number of rotatable bonds is 5. The van der Waals surface area contributed by atoms with Gasteiger partial charge in [0.2, 0.25) is 5.91 Å². The Labute approximate surface area is 196 Å². The molecule has 3 fully saturated rings. The highest BCUT2D eigenvalue weighted by Crippen LogP contribution is 2.46. The predicted octanol–water partition coefficient (Wildman–Crippen LogP) is 2.72. The van der Waals surface area contributed by atoms with Gasteiger partial charge in [0.1, 0.15) is 12.3 Å². The van der Waals surface area contributed by atoms with Crippen molar-refractivity contribution in [3.63, 3.8) is 0 Å². The number of anilines is 1. The quantitative estimate of drug-likeness (QED) is 0.238. The summed E-state index contributed by atoms with van der Waals surface area (Å²) in [6.07, 6.45) is 5.72. The molecule has 1 aromatic rings. The zero-order valence-electron chi connectivity index (χ0n) is 17.7. The summed E-state index contributed by atoms with van der Waals surface area (Å²) < 4.78 is 0. The van der Waals surface area contributed by atoms with Gasteiger partial charge in [-0.3, -0.25) is 9.69 Å². The van der Waals surface area contributed by atoms with Gasteiger partial charge in [-0.15, -0.1) is 24.0 Å². The number of benzene rings is 1. The normalized spacial score (nSPS) is 26.4. The maximum absolute atomic E-state index is 12.3. The largest absolute Gasteiger partial charge is 0.508 e. The molecule has 1 amide bonds. The van der Waals surface area contributed by atoms with Gasteiger partial charge in [0.05, 0.1) is 0 Å². The second-order valence-corrected chi connectivity index (χ2v) is 8.53. The number of carbonyl (C=O) groups excluding carboxylic acids is 1. The van der Waals surface area contributed by atoms with Crippen LogP contribution in [0.5, 0.6) is 5.75 Å². The Morgan fingerprint density at radius 3 is 2.47 bits per heavy atom. The van der Waals surface area contributed by atoms with Gasteiger partial charge >= 0.3 is 0 Å². The van der Waals surface area contributed by atoms with Crippen molar-refractivity contribution in [2.45, 2.75) is 38.6 Å². The summed E-state index contributed by atoms with van der Waals surface area (Å²) in [5.74, 6) is 2.75. The number of fused-ring (bicyclic) bond motifs is 2. The molecule has 2 bridgehead atoms. The van der Waals surface area contributed by atoms with Crippen LogP contribution in [-0.4, -0.2) is 72.1 Å². The van der Waals surface area contributed by atoms with Crippen LogP contribution in [0.2, 0.25) is 0 Å². The van der Waals surface area contributed by atoms with Crippen molar-refractivity contribution >= 4 is 41.5 Å². The van der Waals surface area contributed by atoms with Crippen LogP contribution in [-0.2, 0) is 4.79 Å². The van der Waals surface area contributed by atoms with Gasteiger partial charge in [-0.1, -0.05) is 6.42 Å². The molecule has 0 spiro atoms. The van der Waals surface area contributed by atoms with E-state index in [1.165, 1.54) is 25.7 Å². The number of phenolic OH excluding ortho intramolecular Hbond substituents is 1. The molecule has 3 atom stereocenters. The van der Waals surface area contributed by atoms with Crippen molar-refractivity contribution in [1.82, 2.24) is 15.1 Å². The topological polar surface area (TPSA) is 80.2 Å². The van der Waals surface area contributed by atoms with Crippen molar-refractivity contribution in [2.24, 2.45) is 16.8 Å². The second kappa shape index (κ2) is 10.7. The molecule has 8 heteroatoms. The van der Waals surface area contributed by atoms with E-state index in [9.17, 15) is 9.90 Å². The Morgan fingerprint density at radius 1 is 1.13 bits per heavy atom. The standard InChI is InChI=1S/C22H33N5O2.HI/c1-2-23-22(24-15-21(29)25-18-5-7-19(28)8-6-18)27-11-9-26(10-12-27)20-14-16-3-4-17(20)13-16;/h5-8,16-17,20,28H,2-4,9-15H2,1H3,(H,23,24)(H,25,29);1H. The van der Waals surface area contributed by atoms with Crippen LogP contribution < -0.4 is 10.6 Å². The lowest BCUT2D eigenvalue weighted by molar-refractivity contribution is -0.114. The van der Waals surface area contributed by atoms with Gasteiger partial charge in [0, 0.05) is 44.5 Å². The molecule has 2 aliphatic carbocycles. The van der Waals surface area contributed by atoms with Crippen LogP contribution in [0.1, 0.15) is 32.6 Å². The molecular weight excluding hydrogens is 493 g/mol. The molecule has 0 radical (unpaired) electrons. The predicted molar refractivity (Wildman–Crippen MR) is 131 cm³/mol.